The van der Waals surface area contributed by atoms with Crippen LogP contribution in [0.5, 0.6) is 11.5 Å². The third kappa shape index (κ3) is 5.00. The molecule has 0 aliphatic carbocycles. The molecular formula is C17H19NO3S. The molecule has 2 aromatic carbocycles. The van der Waals surface area contributed by atoms with E-state index in [1.165, 1.54) is 4.90 Å². The topological polar surface area (TPSA) is 47.6 Å². The smallest absolute Gasteiger partial charge is 0.258 e. The Morgan fingerprint density at radius 1 is 1.05 bits per heavy atom. The van der Waals surface area contributed by atoms with Gasteiger partial charge in [0.05, 0.1) is 7.11 Å². The van der Waals surface area contributed by atoms with Crippen LogP contribution in [0.15, 0.2) is 53.4 Å². The van der Waals surface area contributed by atoms with Crippen LogP contribution >= 0.6 is 11.8 Å². The molecule has 0 aliphatic heterocycles. The van der Waals surface area contributed by atoms with Crippen molar-refractivity contribution in [2.75, 3.05) is 20.0 Å². The molecule has 0 fully saturated rings. The minimum absolute atomic E-state index is 0.00474. The van der Waals surface area contributed by atoms with Gasteiger partial charge in [-0.15, -0.1) is 11.8 Å². The maximum atomic E-state index is 11.8. The van der Waals surface area contributed by atoms with Crippen LogP contribution in [0.4, 0.5) is 0 Å². The van der Waals surface area contributed by atoms with Crippen molar-refractivity contribution in [3.63, 3.8) is 0 Å². The Morgan fingerprint density at radius 2 is 1.68 bits per heavy atom. The molecule has 0 aromatic heterocycles. The van der Waals surface area contributed by atoms with Gasteiger partial charge in [0.25, 0.3) is 5.91 Å². The first kappa shape index (κ1) is 16.2. The second-order valence-corrected chi connectivity index (χ2v) is 5.47. The summed E-state index contributed by atoms with van der Waals surface area (Å²) in [5.41, 5.74) is 1.07. The van der Waals surface area contributed by atoms with Gasteiger partial charge in [-0.2, -0.15) is 0 Å². The van der Waals surface area contributed by atoms with Crippen molar-refractivity contribution < 1.29 is 14.3 Å². The lowest BCUT2D eigenvalue weighted by atomic mass is 10.2. The van der Waals surface area contributed by atoms with E-state index in [1.54, 1.807) is 43.1 Å². The van der Waals surface area contributed by atoms with E-state index in [4.69, 9.17) is 9.47 Å². The highest BCUT2D eigenvalue weighted by Crippen LogP contribution is 2.17. The molecule has 0 aliphatic rings. The van der Waals surface area contributed by atoms with Gasteiger partial charge in [-0.05, 0) is 48.2 Å². The average molecular weight is 317 g/mol. The average Bonchev–Trinajstić information content (AvgIpc) is 2.59. The molecule has 0 heterocycles. The van der Waals surface area contributed by atoms with Crippen LogP contribution in [0.25, 0.3) is 0 Å². The van der Waals surface area contributed by atoms with Crippen LogP contribution in [0, 0.1) is 0 Å². The normalized spacial score (nSPS) is 10.1. The second-order valence-electron chi connectivity index (χ2n) is 4.59. The maximum absolute atomic E-state index is 11.8. The fraction of sp³-hybridized carbons (Fsp3) is 0.235. The molecule has 0 saturated heterocycles. The molecule has 0 atom stereocenters. The molecule has 0 saturated carbocycles. The summed E-state index contributed by atoms with van der Waals surface area (Å²) in [5.74, 6) is 1.25. The maximum Gasteiger partial charge on any atom is 0.258 e. The summed E-state index contributed by atoms with van der Waals surface area (Å²) >= 11 is 1.69. The molecule has 0 unspecified atom stereocenters. The van der Waals surface area contributed by atoms with E-state index in [9.17, 15) is 4.79 Å². The summed E-state index contributed by atoms with van der Waals surface area (Å²) in [4.78, 5) is 13.0. The van der Waals surface area contributed by atoms with E-state index in [0.29, 0.717) is 12.3 Å². The molecule has 0 radical (unpaired) electrons. The molecular weight excluding hydrogens is 298 g/mol. The van der Waals surface area contributed by atoms with Crippen LogP contribution in [-0.2, 0) is 11.3 Å². The molecule has 1 amide bonds. The van der Waals surface area contributed by atoms with Gasteiger partial charge in [0.2, 0.25) is 0 Å². The number of hydrogen-bond donors (Lipinski definition) is 1. The van der Waals surface area contributed by atoms with E-state index >= 15 is 0 Å². The minimum atomic E-state index is -0.148. The number of thioether (sulfide) groups is 1. The first-order valence-electron chi connectivity index (χ1n) is 6.88. The minimum Gasteiger partial charge on any atom is -0.497 e. The summed E-state index contributed by atoms with van der Waals surface area (Å²) in [6.45, 7) is 0.495. The summed E-state index contributed by atoms with van der Waals surface area (Å²) < 4.78 is 10.5. The summed E-state index contributed by atoms with van der Waals surface area (Å²) in [6.07, 6.45) is 2.04. The van der Waals surface area contributed by atoms with Crippen molar-refractivity contribution in [1.29, 1.82) is 0 Å². The first-order chi connectivity index (χ1) is 10.7. The highest BCUT2D eigenvalue weighted by molar-refractivity contribution is 7.98. The fourth-order valence-corrected chi connectivity index (χ4v) is 2.22. The van der Waals surface area contributed by atoms with E-state index in [-0.39, 0.29) is 12.5 Å². The molecule has 5 heteroatoms. The number of ether oxygens (including phenoxy) is 2. The molecule has 2 rings (SSSR count). The number of rotatable bonds is 7. The number of nitrogens with one attached hydrogen (secondary N) is 1. The van der Waals surface area contributed by atoms with Crippen molar-refractivity contribution >= 4 is 17.7 Å². The van der Waals surface area contributed by atoms with Crippen molar-refractivity contribution in [3.8, 4) is 11.5 Å². The van der Waals surface area contributed by atoms with Gasteiger partial charge in [-0.1, -0.05) is 12.1 Å². The second kappa shape index (κ2) is 8.34. The number of benzene rings is 2. The zero-order valence-electron chi connectivity index (χ0n) is 12.7. The predicted octanol–water partition coefficient (Wildman–Crippen LogP) is 3.11. The van der Waals surface area contributed by atoms with E-state index in [0.717, 1.165) is 11.3 Å². The number of hydrogen-bond acceptors (Lipinski definition) is 4. The molecule has 1 N–H and O–H groups in total. The molecule has 4 nitrogen and oxygen atoms in total. The van der Waals surface area contributed by atoms with E-state index in [2.05, 4.69) is 5.32 Å². The van der Waals surface area contributed by atoms with Gasteiger partial charge >= 0.3 is 0 Å². The quantitative estimate of drug-likeness (QED) is 0.797. The monoisotopic (exact) mass is 317 g/mol. The zero-order valence-corrected chi connectivity index (χ0v) is 13.5. The van der Waals surface area contributed by atoms with Gasteiger partial charge < -0.3 is 14.8 Å². The molecule has 22 heavy (non-hydrogen) atoms. The Kier molecular flexibility index (Phi) is 6.15. The van der Waals surface area contributed by atoms with Gasteiger partial charge in [0, 0.05) is 11.4 Å². The Labute approximate surface area is 134 Å². The predicted molar refractivity (Wildman–Crippen MR) is 88.6 cm³/mol. The largest absolute Gasteiger partial charge is 0.497 e. The molecule has 116 valence electrons. The van der Waals surface area contributed by atoms with Crippen molar-refractivity contribution in [2.24, 2.45) is 0 Å². The van der Waals surface area contributed by atoms with Crippen LogP contribution in [0.1, 0.15) is 5.56 Å². The number of carbonyl (C=O) groups is 1. The number of amides is 1. The Balaban J connectivity index is 1.74. The van der Waals surface area contributed by atoms with Gasteiger partial charge in [-0.25, -0.2) is 0 Å². The van der Waals surface area contributed by atoms with Crippen molar-refractivity contribution in [1.82, 2.24) is 5.32 Å². The Bertz CT molecular complexity index is 543. The van der Waals surface area contributed by atoms with Crippen LogP contribution in [-0.4, -0.2) is 25.9 Å². The summed E-state index contributed by atoms with van der Waals surface area (Å²) in [7, 11) is 1.61. The lowest BCUT2D eigenvalue weighted by molar-refractivity contribution is -0.123. The Morgan fingerprint density at radius 3 is 2.27 bits per heavy atom. The summed E-state index contributed by atoms with van der Waals surface area (Å²) in [6, 6.07) is 15.2. The van der Waals surface area contributed by atoms with Crippen LogP contribution in [0.2, 0.25) is 0 Å². The standard InChI is InChI=1S/C17H19NO3S/c1-20-14-5-7-15(8-6-14)21-12-17(19)18-11-13-3-9-16(22-2)10-4-13/h3-10H,11-12H2,1-2H3,(H,18,19). The third-order valence-electron chi connectivity index (χ3n) is 3.08. The lowest BCUT2D eigenvalue weighted by Crippen LogP contribution is -2.28. The molecule has 0 spiro atoms. The van der Waals surface area contributed by atoms with Crippen LogP contribution in [0.3, 0.4) is 0 Å². The molecule has 2 aromatic rings. The van der Waals surface area contributed by atoms with Crippen molar-refractivity contribution in [3.05, 3.63) is 54.1 Å². The summed E-state index contributed by atoms with van der Waals surface area (Å²) in [5, 5.41) is 2.83. The molecule has 0 bridgehead atoms. The van der Waals surface area contributed by atoms with Gasteiger partial charge in [-0.3, -0.25) is 4.79 Å². The number of carbonyl (C=O) groups excluding carboxylic acids is 1. The number of methoxy groups -OCH3 is 1. The van der Waals surface area contributed by atoms with Gasteiger partial charge in [0.1, 0.15) is 11.5 Å². The first-order valence-corrected chi connectivity index (χ1v) is 8.10. The Hall–Kier alpha value is -2.14. The van der Waals surface area contributed by atoms with Crippen LogP contribution < -0.4 is 14.8 Å². The highest BCUT2D eigenvalue weighted by Gasteiger charge is 2.03. The highest BCUT2D eigenvalue weighted by atomic mass is 32.2. The third-order valence-corrected chi connectivity index (χ3v) is 3.82. The zero-order chi connectivity index (χ0) is 15.8. The lowest BCUT2D eigenvalue weighted by Gasteiger charge is -2.08. The SMILES string of the molecule is COc1ccc(OCC(=O)NCc2ccc(SC)cc2)cc1. The fourth-order valence-electron chi connectivity index (χ4n) is 1.82. The van der Waals surface area contributed by atoms with Gasteiger partial charge in [0.15, 0.2) is 6.61 Å². The van der Waals surface area contributed by atoms with E-state index in [1.807, 2.05) is 30.5 Å². The van der Waals surface area contributed by atoms with E-state index < -0.39 is 0 Å². The van der Waals surface area contributed by atoms with Crippen molar-refractivity contribution in [2.45, 2.75) is 11.4 Å².